The third-order valence-electron chi connectivity index (χ3n) is 4.05. The zero-order valence-corrected chi connectivity index (χ0v) is 14.2. The van der Waals surface area contributed by atoms with Gasteiger partial charge in [0.05, 0.1) is 10.9 Å². The molecule has 134 valence electrons. The molecule has 1 aromatic carbocycles. The molecule has 0 spiro atoms. The Morgan fingerprint density at radius 3 is 2.78 bits per heavy atom. The average molecular weight is 362 g/mol. The van der Waals surface area contributed by atoms with Crippen LogP contribution in [0.25, 0.3) is 22.4 Å². The molecule has 3 aromatic heterocycles. The van der Waals surface area contributed by atoms with Gasteiger partial charge in [0.1, 0.15) is 11.5 Å². The molecule has 3 heterocycles. The molecule has 0 atom stereocenters. The second kappa shape index (κ2) is 6.37. The molecule has 0 fully saturated rings. The molecule has 0 unspecified atom stereocenters. The van der Waals surface area contributed by atoms with Gasteiger partial charge in [0.2, 0.25) is 0 Å². The normalized spacial score (nSPS) is 10.9. The van der Waals surface area contributed by atoms with E-state index >= 15 is 0 Å². The maximum atomic E-state index is 12.5. The van der Waals surface area contributed by atoms with Gasteiger partial charge in [-0.1, -0.05) is 12.1 Å². The van der Waals surface area contributed by atoms with E-state index in [2.05, 4.69) is 25.3 Å². The number of imidazole rings is 1. The van der Waals surface area contributed by atoms with Crippen LogP contribution in [0.4, 0.5) is 5.69 Å². The molecule has 0 aliphatic rings. The van der Waals surface area contributed by atoms with Crippen molar-refractivity contribution in [3.05, 3.63) is 75.3 Å². The number of nitrogens with zero attached hydrogens (tertiary/aromatic N) is 3. The molecule has 0 saturated carbocycles. The van der Waals surface area contributed by atoms with Crippen molar-refractivity contribution in [3.8, 4) is 11.4 Å². The first-order valence-corrected chi connectivity index (χ1v) is 8.03. The van der Waals surface area contributed by atoms with Gasteiger partial charge in [-0.05, 0) is 18.2 Å². The number of fused-ring (bicyclic) bond motifs is 1. The largest absolute Gasteiger partial charge is 0.334 e. The molecule has 3 N–H and O–H groups in total. The van der Waals surface area contributed by atoms with Crippen LogP contribution in [0.1, 0.15) is 10.4 Å². The first kappa shape index (κ1) is 16.5. The number of hydrogen-bond donors (Lipinski definition) is 3. The number of aromatic nitrogens is 5. The summed E-state index contributed by atoms with van der Waals surface area (Å²) < 4.78 is 1.88. The average Bonchev–Trinajstić information content (AvgIpc) is 3.07. The van der Waals surface area contributed by atoms with Gasteiger partial charge in [-0.15, -0.1) is 0 Å². The lowest BCUT2D eigenvalue weighted by atomic mass is 10.1. The molecule has 9 nitrogen and oxygen atoms in total. The van der Waals surface area contributed by atoms with E-state index in [1.807, 2.05) is 29.9 Å². The molecule has 0 aliphatic heterocycles. The van der Waals surface area contributed by atoms with E-state index < -0.39 is 17.2 Å². The fourth-order valence-corrected chi connectivity index (χ4v) is 2.75. The third-order valence-corrected chi connectivity index (χ3v) is 4.05. The number of aromatic amines is 2. The van der Waals surface area contributed by atoms with Crippen LogP contribution in [0.2, 0.25) is 0 Å². The van der Waals surface area contributed by atoms with E-state index in [-0.39, 0.29) is 16.6 Å². The fraction of sp³-hybridized carbons (Fsp3) is 0.0556. The van der Waals surface area contributed by atoms with Gasteiger partial charge in [-0.2, -0.15) is 0 Å². The van der Waals surface area contributed by atoms with E-state index in [1.54, 1.807) is 18.3 Å². The summed E-state index contributed by atoms with van der Waals surface area (Å²) in [7, 11) is 1.89. The molecule has 0 bridgehead atoms. The van der Waals surface area contributed by atoms with E-state index in [0.29, 0.717) is 5.69 Å². The van der Waals surface area contributed by atoms with Gasteiger partial charge in [0, 0.05) is 36.9 Å². The summed E-state index contributed by atoms with van der Waals surface area (Å²) in [6.07, 6.45) is 4.84. The number of aryl methyl sites for hydroxylation is 1. The molecular formula is C18H14N6O3. The Balaban J connectivity index is 1.65. The molecule has 9 heteroatoms. The highest BCUT2D eigenvalue weighted by molar-refractivity contribution is 6.05. The predicted molar refractivity (Wildman–Crippen MR) is 99.6 cm³/mol. The van der Waals surface area contributed by atoms with Crippen molar-refractivity contribution in [2.24, 2.45) is 7.05 Å². The monoisotopic (exact) mass is 362 g/mol. The Morgan fingerprint density at radius 1 is 1.15 bits per heavy atom. The fourth-order valence-electron chi connectivity index (χ4n) is 2.75. The van der Waals surface area contributed by atoms with Crippen LogP contribution in [0, 0.1) is 0 Å². The number of nitrogens with one attached hydrogen (secondary N) is 3. The second-order valence-electron chi connectivity index (χ2n) is 5.93. The van der Waals surface area contributed by atoms with Gasteiger partial charge < -0.3 is 9.88 Å². The Labute approximate surface area is 151 Å². The van der Waals surface area contributed by atoms with Crippen LogP contribution >= 0.6 is 0 Å². The maximum absolute atomic E-state index is 12.5. The minimum atomic E-state index is -0.650. The minimum absolute atomic E-state index is 0.122. The molecule has 1 amide bonds. The standard InChI is InChI=1S/C18H14N6O3/c1-24-6-5-19-15(24)10-3-2-4-12(7-10)21-16(25)11-8-13-14(20-9-11)22-18(27)23-17(13)26/h2-9H,1H3,(H,21,25)(H2,20,22,23,26,27). The highest BCUT2D eigenvalue weighted by Crippen LogP contribution is 2.21. The summed E-state index contributed by atoms with van der Waals surface area (Å²) in [4.78, 5) is 48.5. The number of hydrogen-bond acceptors (Lipinski definition) is 5. The topological polar surface area (TPSA) is 126 Å². The van der Waals surface area contributed by atoms with E-state index in [4.69, 9.17) is 0 Å². The van der Waals surface area contributed by atoms with Crippen molar-refractivity contribution in [1.29, 1.82) is 0 Å². The molecule has 4 rings (SSSR count). The lowest BCUT2D eigenvalue weighted by Crippen LogP contribution is -2.23. The van der Waals surface area contributed by atoms with Gasteiger partial charge in [0.25, 0.3) is 11.5 Å². The minimum Gasteiger partial charge on any atom is -0.334 e. The maximum Gasteiger partial charge on any atom is 0.327 e. The smallest absolute Gasteiger partial charge is 0.327 e. The summed E-state index contributed by atoms with van der Waals surface area (Å²) >= 11 is 0. The van der Waals surface area contributed by atoms with E-state index in [1.165, 1.54) is 12.3 Å². The third kappa shape index (κ3) is 3.13. The zero-order valence-electron chi connectivity index (χ0n) is 14.2. The highest BCUT2D eigenvalue weighted by Gasteiger charge is 2.11. The van der Waals surface area contributed by atoms with Gasteiger partial charge >= 0.3 is 5.69 Å². The van der Waals surface area contributed by atoms with Crippen molar-refractivity contribution in [2.45, 2.75) is 0 Å². The number of anilines is 1. The van der Waals surface area contributed by atoms with Crippen LogP contribution in [-0.4, -0.2) is 30.4 Å². The van der Waals surface area contributed by atoms with Gasteiger partial charge in [-0.3, -0.25) is 19.6 Å². The number of rotatable bonds is 3. The second-order valence-corrected chi connectivity index (χ2v) is 5.93. The molecule has 4 aromatic rings. The van der Waals surface area contributed by atoms with Crippen LogP contribution in [0.3, 0.4) is 0 Å². The Morgan fingerprint density at radius 2 is 2.00 bits per heavy atom. The summed E-state index contributed by atoms with van der Waals surface area (Å²) in [6, 6.07) is 8.65. The quantitative estimate of drug-likeness (QED) is 0.506. The number of carbonyl (C=O) groups excluding carboxylic acids is 1. The van der Waals surface area contributed by atoms with Crippen LogP contribution in [-0.2, 0) is 7.05 Å². The first-order chi connectivity index (χ1) is 13.0. The van der Waals surface area contributed by atoms with Gasteiger partial charge in [0.15, 0.2) is 0 Å². The summed E-state index contributed by atoms with van der Waals surface area (Å²) in [5.41, 5.74) is 0.498. The Hall–Kier alpha value is -4.01. The molecule has 27 heavy (non-hydrogen) atoms. The number of H-pyrrole nitrogens is 2. The van der Waals surface area contributed by atoms with Crippen molar-refractivity contribution in [1.82, 2.24) is 24.5 Å². The summed E-state index contributed by atoms with van der Waals surface area (Å²) in [5.74, 6) is 0.348. The van der Waals surface area contributed by atoms with Crippen molar-refractivity contribution in [2.75, 3.05) is 5.32 Å². The Kier molecular flexibility index (Phi) is 3.88. The first-order valence-electron chi connectivity index (χ1n) is 8.03. The number of benzene rings is 1. The lowest BCUT2D eigenvalue weighted by molar-refractivity contribution is 0.102. The van der Waals surface area contributed by atoms with E-state index in [0.717, 1.165) is 11.4 Å². The van der Waals surface area contributed by atoms with Crippen LogP contribution in [0.5, 0.6) is 0 Å². The number of carbonyl (C=O) groups is 1. The van der Waals surface area contributed by atoms with E-state index in [9.17, 15) is 14.4 Å². The molecular weight excluding hydrogens is 348 g/mol. The Bertz CT molecular complexity index is 1280. The molecule has 0 saturated heterocycles. The molecule has 0 aliphatic carbocycles. The lowest BCUT2D eigenvalue weighted by Gasteiger charge is -2.08. The van der Waals surface area contributed by atoms with Crippen LogP contribution < -0.4 is 16.6 Å². The van der Waals surface area contributed by atoms with Crippen molar-refractivity contribution < 1.29 is 4.79 Å². The SMILES string of the molecule is Cn1ccnc1-c1cccc(NC(=O)c2cnc3[nH]c(=O)[nH]c(=O)c3c2)c1. The number of pyridine rings is 1. The van der Waals surface area contributed by atoms with Crippen LogP contribution in [0.15, 0.2) is 58.5 Å². The zero-order chi connectivity index (χ0) is 19.0. The predicted octanol–water partition coefficient (Wildman–Crippen LogP) is 1.26. The van der Waals surface area contributed by atoms with Crippen molar-refractivity contribution >= 4 is 22.6 Å². The highest BCUT2D eigenvalue weighted by atomic mass is 16.2. The van der Waals surface area contributed by atoms with Gasteiger partial charge in [-0.25, -0.2) is 14.8 Å². The summed E-state index contributed by atoms with van der Waals surface area (Å²) in [5, 5.41) is 2.90. The number of amides is 1. The summed E-state index contributed by atoms with van der Waals surface area (Å²) in [6.45, 7) is 0. The van der Waals surface area contributed by atoms with Crippen molar-refractivity contribution in [3.63, 3.8) is 0 Å². The molecule has 0 radical (unpaired) electrons.